The summed E-state index contributed by atoms with van der Waals surface area (Å²) in [4.78, 5) is 6.34. The van der Waals surface area contributed by atoms with Crippen molar-refractivity contribution in [1.29, 1.82) is 0 Å². The summed E-state index contributed by atoms with van der Waals surface area (Å²) in [6.07, 6.45) is 3.82. The maximum absolute atomic E-state index is 11.4. The molecule has 16 heavy (non-hydrogen) atoms. The van der Waals surface area contributed by atoms with Crippen LogP contribution in [0.25, 0.3) is 0 Å². The van der Waals surface area contributed by atoms with E-state index in [9.17, 15) is 8.42 Å². The second-order valence-corrected chi connectivity index (χ2v) is 6.71. The lowest BCUT2D eigenvalue weighted by atomic mass is 10.3. The lowest BCUT2D eigenvalue weighted by molar-refractivity contribution is 0.589. The topological polar surface area (TPSA) is 50.3 Å². The van der Waals surface area contributed by atoms with Crippen molar-refractivity contribution in [3.8, 4) is 0 Å². The molecule has 0 saturated carbocycles. The van der Waals surface area contributed by atoms with Crippen LogP contribution in [0, 0.1) is 6.92 Å². The molecule has 1 aliphatic heterocycles. The van der Waals surface area contributed by atoms with E-state index in [-0.39, 0.29) is 5.25 Å². The molecule has 4 nitrogen and oxygen atoms in total. The number of aromatic nitrogens is 1. The molecule has 2 heterocycles. The Morgan fingerprint density at radius 2 is 2.19 bits per heavy atom. The predicted octanol–water partition coefficient (Wildman–Crippen LogP) is 1.01. The quantitative estimate of drug-likeness (QED) is 0.774. The van der Waals surface area contributed by atoms with E-state index in [1.165, 1.54) is 6.26 Å². The first-order chi connectivity index (χ1) is 7.47. The molecular weight excluding hydrogens is 224 g/mol. The normalized spacial score (nSPS) is 21.4. The van der Waals surface area contributed by atoms with Gasteiger partial charge in [-0.15, -0.1) is 0 Å². The number of sulfone groups is 1. The van der Waals surface area contributed by atoms with Crippen molar-refractivity contribution in [1.82, 2.24) is 4.98 Å². The van der Waals surface area contributed by atoms with Gasteiger partial charge in [0.1, 0.15) is 5.82 Å². The van der Waals surface area contributed by atoms with Gasteiger partial charge in [-0.1, -0.05) is 6.07 Å². The van der Waals surface area contributed by atoms with E-state index in [1.54, 1.807) is 0 Å². The summed E-state index contributed by atoms with van der Waals surface area (Å²) < 4.78 is 22.8. The second-order valence-electron chi connectivity index (χ2n) is 4.38. The van der Waals surface area contributed by atoms with Gasteiger partial charge in [-0.25, -0.2) is 13.4 Å². The van der Waals surface area contributed by atoms with Crippen molar-refractivity contribution in [3.63, 3.8) is 0 Å². The number of hydrogen-bond acceptors (Lipinski definition) is 4. The maximum Gasteiger partial charge on any atom is 0.152 e. The Bertz CT molecular complexity index is 467. The van der Waals surface area contributed by atoms with Crippen LogP contribution in [0.5, 0.6) is 0 Å². The highest BCUT2D eigenvalue weighted by Gasteiger charge is 2.30. The average molecular weight is 240 g/mol. The number of aryl methyl sites for hydroxylation is 1. The molecule has 0 amide bonds. The minimum Gasteiger partial charge on any atom is -0.355 e. The van der Waals surface area contributed by atoms with Gasteiger partial charge >= 0.3 is 0 Å². The van der Waals surface area contributed by atoms with E-state index >= 15 is 0 Å². The Labute approximate surface area is 96.2 Å². The molecule has 0 aliphatic carbocycles. The highest BCUT2D eigenvalue weighted by Crippen LogP contribution is 2.21. The summed E-state index contributed by atoms with van der Waals surface area (Å²) in [5.74, 6) is 0.872. The molecular formula is C11H16N2O2S. The molecule has 0 bridgehead atoms. The number of rotatable bonds is 2. The van der Waals surface area contributed by atoms with E-state index in [2.05, 4.69) is 4.98 Å². The average Bonchev–Trinajstić information content (AvgIpc) is 2.67. The van der Waals surface area contributed by atoms with Crippen molar-refractivity contribution < 1.29 is 8.42 Å². The smallest absolute Gasteiger partial charge is 0.152 e. The van der Waals surface area contributed by atoms with Crippen molar-refractivity contribution in [3.05, 3.63) is 23.9 Å². The molecule has 1 atom stereocenters. The third-order valence-electron chi connectivity index (χ3n) is 2.97. The van der Waals surface area contributed by atoms with Crippen LogP contribution in [-0.4, -0.2) is 38.0 Å². The summed E-state index contributed by atoms with van der Waals surface area (Å²) in [6.45, 7) is 3.32. The zero-order chi connectivity index (χ0) is 11.8. The Morgan fingerprint density at radius 1 is 1.44 bits per heavy atom. The zero-order valence-corrected chi connectivity index (χ0v) is 10.4. The first-order valence-electron chi connectivity index (χ1n) is 5.33. The lowest BCUT2D eigenvalue weighted by Crippen LogP contribution is -2.26. The van der Waals surface area contributed by atoms with E-state index in [0.29, 0.717) is 13.0 Å². The van der Waals surface area contributed by atoms with E-state index in [0.717, 1.165) is 17.9 Å². The van der Waals surface area contributed by atoms with Gasteiger partial charge in [0, 0.05) is 25.5 Å². The predicted molar refractivity (Wildman–Crippen MR) is 64.4 cm³/mol. The molecule has 5 heteroatoms. The van der Waals surface area contributed by atoms with Crippen LogP contribution in [0.2, 0.25) is 0 Å². The molecule has 0 aromatic carbocycles. The Balaban J connectivity index is 2.12. The molecule has 0 spiro atoms. The van der Waals surface area contributed by atoms with Crippen LogP contribution in [0.3, 0.4) is 0 Å². The largest absolute Gasteiger partial charge is 0.355 e. The van der Waals surface area contributed by atoms with Crippen molar-refractivity contribution in [2.45, 2.75) is 18.6 Å². The zero-order valence-electron chi connectivity index (χ0n) is 9.55. The molecule has 1 aromatic heterocycles. The van der Waals surface area contributed by atoms with Gasteiger partial charge in [0.25, 0.3) is 0 Å². The van der Waals surface area contributed by atoms with Gasteiger partial charge in [0.05, 0.1) is 5.25 Å². The summed E-state index contributed by atoms with van der Waals surface area (Å²) in [6, 6.07) is 3.94. The highest BCUT2D eigenvalue weighted by atomic mass is 32.2. The molecule has 1 unspecified atom stereocenters. The van der Waals surface area contributed by atoms with Crippen LogP contribution in [0.15, 0.2) is 18.3 Å². The van der Waals surface area contributed by atoms with Gasteiger partial charge in [0.2, 0.25) is 0 Å². The van der Waals surface area contributed by atoms with Crippen LogP contribution in [0.4, 0.5) is 5.82 Å². The molecule has 1 fully saturated rings. The first kappa shape index (κ1) is 11.4. The lowest BCUT2D eigenvalue weighted by Gasteiger charge is -2.16. The SMILES string of the molecule is Cc1ccc(N2CCC(S(C)(=O)=O)C2)nc1. The van der Waals surface area contributed by atoms with Crippen molar-refractivity contribution in [2.24, 2.45) is 0 Å². The Hall–Kier alpha value is -1.10. The molecule has 0 radical (unpaired) electrons. The molecule has 88 valence electrons. The van der Waals surface area contributed by atoms with Crippen molar-refractivity contribution >= 4 is 15.7 Å². The van der Waals surface area contributed by atoms with E-state index < -0.39 is 9.84 Å². The standard InChI is InChI=1S/C11H16N2O2S/c1-9-3-4-11(12-7-9)13-6-5-10(8-13)16(2,14)15/h3-4,7,10H,5-6,8H2,1-2H3. The van der Waals surface area contributed by atoms with Crippen LogP contribution in [-0.2, 0) is 9.84 Å². The van der Waals surface area contributed by atoms with Crippen LogP contribution in [0.1, 0.15) is 12.0 Å². The Kier molecular flexibility index (Phi) is 2.88. The molecule has 1 aromatic rings. The Morgan fingerprint density at radius 3 is 2.69 bits per heavy atom. The number of nitrogens with zero attached hydrogens (tertiary/aromatic N) is 2. The summed E-state index contributed by atoms with van der Waals surface area (Å²) >= 11 is 0. The third-order valence-corrected chi connectivity index (χ3v) is 4.57. The fraction of sp³-hybridized carbons (Fsp3) is 0.545. The monoisotopic (exact) mass is 240 g/mol. The van der Waals surface area contributed by atoms with Crippen LogP contribution >= 0.6 is 0 Å². The van der Waals surface area contributed by atoms with Gasteiger partial charge in [-0.2, -0.15) is 0 Å². The van der Waals surface area contributed by atoms with Crippen molar-refractivity contribution in [2.75, 3.05) is 24.2 Å². The summed E-state index contributed by atoms with van der Waals surface area (Å²) in [5.41, 5.74) is 1.11. The van der Waals surface area contributed by atoms with Gasteiger partial charge < -0.3 is 4.90 Å². The van der Waals surface area contributed by atoms with Gasteiger partial charge in [-0.05, 0) is 25.0 Å². The molecule has 2 rings (SSSR count). The first-order valence-corrected chi connectivity index (χ1v) is 7.29. The third kappa shape index (κ3) is 2.35. The molecule has 0 N–H and O–H groups in total. The summed E-state index contributed by atoms with van der Waals surface area (Å²) in [7, 11) is -2.92. The maximum atomic E-state index is 11.4. The highest BCUT2D eigenvalue weighted by molar-refractivity contribution is 7.91. The number of pyridine rings is 1. The molecule has 1 saturated heterocycles. The second kappa shape index (κ2) is 4.05. The van der Waals surface area contributed by atoms with E-state index in [1.807, 2.05) is 30.2 Å². The minimum atomic E-state index is -2.92. The molecule has 1 aliphatic rings. The number of hydrogen-bond donors (Lipinski definition) is 0. The van der Waals surface area contributed by atoms with Gasteiger partial charge in [0.15, 0.2) is 9.84 Å². The van der Waals surface area contributed by atoms with Gasteiger partial charge in [-0.3, -0.25) is 0 Å². The fourth-order valence-electron chi connectivity index (χ4n) is 1.93. The number of anilines is 1. The van der Waals surface area contributed by atoms with E-state index in [4.69, 9.17) is 0 Å². The van der Waals surface area contributed by atoms with Crippen LogP contribution < -0.4 is 4.90 Å². The summed E-state index contributed by atoms with van der Waals surface area (Å²) in [5, 5.41) is -0.240. The fourth-order valence-corrected chi connectivity index (χ4v) is 2.92. The minimum absolute atomic E-state index is 0.240.